The van der Waals surface area contributed by atoms with E-state index in [-0.39, 0.29) is 0 Å². The van der Waals surface area contributed by atoms with Gasteiger partial charge in [-0.3, -0.25) is 0 Å². The van der Waals surface area contributed by atoms with Crippen molar-refractivity contribution in [3.8, 4) is 0 Å². The van der Waals surface area contributed by atoms with E-state index in [1.165, 1.54) is 64.2 Å². The van der Waals surface area contributed by atoms with Gasteiger partial charge in [-0.15, -0.1) is 0 Å². The van der Waals surface area contributed by atoms with Crippen LogP contribution in [0.4, 0.5) is 0 Å². The molecule has 0 bridgehead atoms. The van der Waals surface area contributed by atoms with Gasteiger partial charge in [0.2, 0.25) is 0 Å². The molecule has 2 saturated carbocycles. The molecular formula is C16H27N. The molecule has 0 aromatic heterocycles. The van der Waals surface area contributed by atoms with E-state index in [4.69, 9.17) is 5.73 Å². The third kappa shape index (κ3) is 2.31. The fraction of sp³-hybridized carbons (Fsp3) is 0.875. The van der Waals surface area contributed by atoms with Crippen LogP contribution in [-0.2, 0) is 0 Å². The zero-order chi connectivity index (χ0) is 11.7. The highest BCUT2D eigenvalue weighted by atomic mass is 14.7. The highest BCUT2D eigenvalue weighted by Gasteiger charge is 2.40. The van der Waals surface area contributed by atoms with Gasteiger partial charge in [0.1, 0.15) is 0 Å². The van der Waals surface area contributed by atoms with Crippen LogP contribution in [0.15, 0.2) is 11.6 Å². The molecule has 2 N–H and O–H groups in total. The summed E-state index contributed by atoms with van der Waals surface area (Å²) in [5, 5.41) is 0. The third-order valence-corrected chi connectivity index (χ3v) is 5.56. The van der Waals surface area contributed by atoms with Crippen LogP contribution in [0.5, 0.6) is 0 Å². The van der Waals surface area contributed by atoms with E-state index in [0.717, 1.165) is 17.8 Å². The van der Waals surface area contributed by atoms with Crippen LogP contribution >= 0.6 is 0 Å². The van der Waals surface area contributed by atoms with Crippen molar-refractivity contribution in [1.82, 2.24) is 0 Å². The lowest BCUT2D eigenvalue weighted by Gasteiger charge is -2.46. The first-order valence-electron chi connectivity index (χ1n) is 7.81. The van der Waals surface area contributed by atoms with Crippen LogP contribution in [0, 0.1) is 17.8 Å². The molecule has 3 aliphatic rings. The number of hydrogen-bond donors (Lipinski definition) is 1. The van der Waals surface area contributed by atoms with Gasteiger partial charge in [-0.1, -0.05) is 50.2 Å². The molecule has 0 heterocycles. The first-order valence-corrected chi connectivity index (χ1v) is 7.81. The summed E-state index contributed by atoms with van der Waals surface area (Å²) in [7, 11) is 0. The number of rotatable bonds is 4. The molecule has 3 rings (SSSR count). The summed E-state index contributed by atoms with van der Waals surface area (Å²) in [6.07, 6.45) is 16.6. The Labute approximate surface area is 106 Å². The quantitative estimate of drug-likeness (QED) is 0.729. The van der Waals surface area contributed by atoms with Crippen molar-refractivity contribution in [2.45, 2.75) is 70.3 Å². The average molecular weight is 233 g/mol. The van der Waals surface area contributed by atoms with Gasteiger partial charge < -0.3 is 5.73 Å². The molecule has 0 aliphatic heterocycles. The number of allylic oxidation sites excluding steroid dienone is 1. The molecule has 1 atom stereocenters. The summed E-state index contributed by atoms with van der Waals surface area (Å²) < 4.78 is 0. The molecule has 1 heteroatoms. The summed E-state index contributed by atoms with van der Waals surface area (Å²) in [6, 6.07) is 0.408. The van der Waals surface area contributed by atoms with Gasteiger partial charge in [0.25, 0.3) is 0 Å². The van der Waals surface area contributed by atoms with E-state index in [1.54, 1.807) is 5.57 Å². The second kappa shape index (κ2) is 5.14. The predicted octanol–water partition coefficient (Wildman–Crippen LogP) is 4.03. The first kappa shape index (κ1) is 11.8. The Balaban J connectivity index is 1.70. The summed E-state index contributed by atoms with van der Waals surface area (Å²) in [6.45, 7) is 0. The van der Waals surface area contributed by atoms with E-state index < -0.39 is 0 Å². The summed E-state index contributed by atoms with van der Waals surface area (Å²) in [5.41, 5.74) is 8.26. The highest BCUT2D eigenvalue weighted by molar-refractivity contribution is 5.16. The summed E-state index contributed by atoms with van der Waals surface area (Å²) in [4.78, 5) is 0. The molecule has 2 fully saturated rings. The third-order valence-electron chi connectivity index (χ3n) is 5.56. The first-order chi connectivity index (χ1) is 8.36. The lowest BCUT2D eigenvalue weighted by atomic mass is 9.61. The van der Waals surface area contributed by atoms with E-state index >= 15 is 0 Å². The van der Waals surface area contributed by atoms with E-state index in [9.17, 15) is 0 Å². The van der Waals surface area contributed by atoms with Gasteiger partial charge in [0.05, 0.1) is 0 Å². The van der Waals surface area contributed by atoms with Crippen LogP contribution in [-0.4, -0.2) is 6.04 Å². The van der Waals surface area contributed by atoms with Gasteiger partial charge in [0, 0.05) is 6.04 Å². The van der Waals surface area contributed by atoms with Gasteiger partial charge in [0.15, 0.2) is 0 Å². The summed E-state index contributed by atoms with van der Waals surface area (Å²) >= 11 is 0. The van der Waals surface area contributed by atoms with Gasteiger partial charge in [-0.25, -0.2) is 0 Å². The van der Waals surface area contributed by atoms with Crippen molar-refractivity contribution in [2.24, 2.45) is 23.5 Å². The molecule has 0 radical (unpaired) electrons. The monoisotopic (exact) mass is 233 g/mol. The lowest BCUT2D eigenvalue weighted by molar-refractivity contribution is 0.0790. The van der Waals surface area contributed by atoms with Crippen LogP contribution in [0.3, 0.4) is 0 Å². The number of hydrogen-bond acceptors (Lipinski definition) is 1. The maximum absolute atomic E-state index is 6.65. The molecule has 0 aromatic rings. The Bertz CT molecular complexity index is 272. The van der Waals surface area contributed by atoms with Crippen LogP contribution in [0.1, 0.15) is 64.2 Å². The molecule has 0 amide bonds. The zero-order valence-electron chi connectivity index (χ0n) is 11.0. The molecular weight excluding hydrogens is 206 g/mol. The van der Waals surface area contributed by atoms with Crippen molar-refractivity contribution >= 4 is 0 Å². The predicted molar refractivity (Wildman–Crippen MR) is 72.7 cm³/mol. The van der Waals surface area contributed by atoms with Crippen LogP contribution in [0.25, 0.3) is 0 Å². The molecule has 3 aliphatic carbocycles. The van der Waals surface area contributed by atoms with Crippen molar-refractivity contribution < 1.29 is 0 Å². The lowest BCUT2D eigenvalue weighted by Crippen LogP contribution is -2.45. The Kier molecular flexibility index (Phi) is 3.56. The summed E-state index contributed by atoms with van der Waals surface area (Å²) in [5.74, 6) is 2.78. The largest absolute Gasteiger partial charge is 0.324 e. The maximum Gasteiger partial charge on any atom is 0.0287 e. The fourth-order valence-corrected chi connectivity index (χ4v) is 4.03. The minimum absolute atomic E-state index is 0.408. The molecule has 17 heavy (non-hydrogen) atoms. The normalized spacial score (nSPS) is 28.5. The molecule has 96 valence electrons. The van der Waals surface area contributed by atoms with E-state index in [1.807, 2.05) is 0 Å². The average Bonchev–Trinajstić information content (AvgIpc) is 2.24. The minimum atomic E-state index is 0.408. The standard InChI is InChI=1S/C16H27N/c17-16(14-6-2-1-3-7-14)15(12-8-4-9-12)13-10-5-11-13/h6,12-13,15-16H,1-5,7-11,17H2. The Hall–Kier alpha value is -0.300. The van der Waals surface area contributed by atoms with E-state index in [2.05, 4.69) is 6.08 Å². The van der Waals surface area contributed by atoms with E-state index in [0.29, 0.717) is 6.04 Å². The van der Waals surface area contributed by atoms with Gasteiger partial charge in [-0.2, -0.15) is 0 Å². The zero-order valence-corrected chi connectivity index (χ0v) is 11.0. The maximum atomic E-state index is 6.65. The second-order valence-corrected chi connectivity index (χ2v) is 6.51. The molecule has 1 unspecified atom stereocenters. The number of nitrogens with two attached hydrogens (primary N) is 1. The van der Waals surface area contributed by atoms with Gasteiger partial charge in [-0.05, 0) is 43.4 Å². The van der Waals surface area contributed by atoms with Crippen LogP contribution in [0.2, 0.25) is 0 Å². The van der Waals surface area contributed by atoms with Gasteiger partial charge >= 0.3 is 0 Å². The smallest absolute Gasteiger partial charge is 0.0287 e. The molecule has 1 nitrogen and oxygen atoms in total. The Morgan fingerprint density at radius 2 is 1.59 bits per heavy atom. The van der Waals surface area contributed by atoms with Crippen LogP contribution < -0.4 is 5.73 Å². The SMILES string of the molecule is NC(C1=CCCCC1)C(C1CCC1)C1CCC1. The minimum Gasteiger partial charge on any atom is -0.324 e. The molecule has 0 saturated heterocycles. The van der Waals surface area contributed by atoms with Crippen molar-refractivity contribution in [1.29, 1.82) is 0 Å². The fourth-order valence-electron chi connectivity index (χ4n) is 4.03. The van der Waals surface area contributed by atoms with Crippen molar-refractivity contribution in [3.63, 3.8) is 0 Å². The molecule has 0 aromatic carbocycles. The Morgan fingerprint density at radius 1 is 0.941 bits per heavy atom. The van der Waals surface area contributed by atoms with Crippen molar-refractivity contribution in [3.05, 3.63) is 11.6 Å². The highest BCUT2D eigenvalue weighted by Crippen LogP contribution is 2.47. The van der Waals surface area contributed by atoms with Crippen molar-refractivity contribution in [2.75, 3.05) is 0 Å². The molecule has 0 spiro atoms. The second-order valence-electron chi connectivity index (χ2n) is 6.51. The topological polar surface area (TPSA) is 26.0 Å². The Morgan fingerprint density at radius 3 is 2.00 bits per heavy atom.